The minimum Gasteiger partial charge on any atom is -0.324 e. The summed E-state index contributed by atoms with van der Waals surface area (Å²) in [5, 5.41) is 3.01. The molecular formula is C30H33N5O2. The van der Waals surface area contributed by atoms with Crippen molar-refractivity contribution in [3.05, 3.63) is 95.6 Å². The number of rotatable bonds is 7. The zero-order chi connectivity index (χ0) is 25.8. The Morgan fingerprint density at radius 3 is 2.38 bits per heavy atom. The Balaban J connectivity index is 1.43. The van der Waals surface area contributed by atoms with E-state index in [0.717, 1.165) is 36.3 Å². The highest BCUT2D eigenvalue weighted by Crippen LogP contribution is 2.27. The minimum atomic E-state index is -0.641. The van der Waals surface area contributed by atoms with E-state index in [1.165, 1.54) is 11.1 Å². The number of aryl methyl sites for hydroxylation is 2. The average molecular weight is 496 g/mol. The summed E-state index contributed by atoms with van der Waals surface area (Å²) in [6.45, 7) is 6.07. The smallest absolute Gasteiger partial charge is 0.251 e. The van der Waals surface area contributed by atoms with Crippen molar-refractivity contribution in [1.82, 2.24) is 9.80 Å². The van der Waals surface area contributed by atoms with E-state index in [1.54, 1.807) is 0 Å². The number of fused-ring (bicyclic) bond motifs is 1. The van der Waals surface area contributed by atoms with Gasteiger partial charge in [0.25, 0.3) is 5.91 Å². The molecular weight excluding hydrogens is 462 g/mol. The van der Waals surface area contributed by atoms with Crippen LogP contribution in [0.15, 0.2) is 83.9 Å². The van der Waals surface area contributed by atoms with E-state index in [-0.39, 0.29) is 18.2 Å². The van der Waals surface area contributed by atoms with Gasteiger partial charge < -0.3 is 10.2 Å². The van der Waals surface area contributed by atoms with Crippen LogP contribution in [0.4, 0.5) is 11.4 Å². The summed E-state index contributed by atoms with van der Waals surface area (Å²) in [6, 6.07) is 25.8. The molecule has 2 heterocycles. The maximum atomic E-state index is 13.5. The lowest BCUT2D eigenvalue weighted by Gasteiger charge is -2.48. The molecule has 0 saturated carbocycles. The van der Waals surface area contributed by atoms with Gasteiger partial charge >= 0.3 is 0 Å². The molecule has 0 radical (unpaired) electrons. The number of guanidine groups is 1. The van der Waals surface area contributed by atoms with Gasteiger partial charge in [0.05, 0.1) is 19.8 Å². The van der Waals surface area contributed by atoms with E-state index >= 15 is 0 Å². The average Bonchev–Trinajstić information content (AvgIpc) is 2.93. The van der Waals surface area contributed by atoms with Gasteiger partial charge in [0.1, 0.15) is 6.04 Å². The molecule has 37 heavy (non-hydrogen) atoms. The van der Waals surface area contributed by atoms with Crippen LogP contribution in [-0.4, -0.2) is 53.5 Å². The van der Waals surface area contributed by atoms with Crippen LogP contribution in [0.1, 0.15) is 30.0 Å². The lowest BCUT2D eigenvalue weighted by atomic mass is 10.1. The zero-order valence-electron chi connectivity index (χ0n) is 21.4. The molecule has 1 unspecified atom stereocenters. The van der Waals surface area contributed by atoms with E-state index < -0.39 is 6.04 Å². The van der Waals surface area contributed by atoms with Gasteiger partial charge in [-0.2, -0.15) is 4.99 Å². The number of benzene rings is 3. The molecule has 0 bridgehead atoms. The van der Waals surface area contributed by atoms with Crippen molar-refractivity contribution in [2.45, 2.75) is 39.2 Å². The number of nitrogens with zero attached hydrogens (tertiary/aromatic N) is 4. The van der Waals surface area contributed by atoms with Crippen molar-refractivity contribution >= 4 is 29.1 Å². The number of amides is 2. The molecule has 190 valence electrons. The first-order valence-corrected chi connectivity index (χ1v) is 12.9. The molecule has 0 aliphatic carbocycles. The lowest BCUT2D eigenvalue weighted by molar-refractivity contribution is -0.127. The maximum Gasteiger partial charge on any atom is 0.251 e. The van der Waals surface area contributed by atoms with E-state index in [9.17, 15) is 9.59 Å². The van der Waals surface area contributed by atoms with Gasteiger partial charge in [-0.25, -0.2) is 0 Å². The van der Waals surface area contributed by atoms with Gasteiger partial charge in [0.15, 0.2) is 0 Å². The van der Waals surface area contributed by atoms with Crippen molar-refractivity contribution in [2.24, 2.45) is 4.99 Å². The standard InChI is InChI=1S/C30H33N5O2/c1-3-23-11-15-26(16-12-23)34-20-33(18-17-24-7-5-4-6-8-24)21-35-27(19-28(36)32-30(34)35)29(37)31-25-13-9-22(2)10-14-25/h4-16,27H,3,17-21H2,1-2H3,(H,31,37). The molecule has 0 spiro atoms. The van der Waals surface area contributed by atoms with Crippen LogP contribution in [0.5, 0.6) is 0 Å². The third-order valence-corrected chi connectivity index (χ3v) is 7.00. The first-order valence-electron chi connectivity index (χ1n) is 12.9. The van der Waals surface area contributed by atoms with Crippen LogP contribution in [0, 0.1) is 6.92 Å². The van der Waals surface area contributed by atoms with Crippen molar-refractivity contribution in [3.8, 4) is 0 Å². The summed E-state index contributed by atoms with van der Waals surface area (Å²) < 4.78 is 0. The molecule has 7 nitrogen and oxygen atoms in total. The predicted molar refractivity (Wildman–Crippen MR) is 147 cm³/mol. The summed E-state index contributed by atoms with van der Waals surface area (Å²) in [4.78, 5) is 37.0. The van der Waals surface area contributed by atoms with Crippen molar-refractivity contribution < 1.29 is 9.59 Å². The number of nitrogens with one attached hydrogen (secondary N) is 1. The van der Waals surface area contributed by atoms with Gasteiger partial charge in [-0.15, -0.1) is 0 Å². The Kier molecular flexibility index (Phi) is 7.32. The second-order valence-corrected chi connectivity index (χ2v) is 9.71. The molecule has 1 fully saturated rings. The fourth-order valence-corrected chi connectivity index (χ4v) is 4.82. The highest BCUT2D eigenvalue weighted by Gasteiger charge is 2.41. The van der Waals surface area contributed by atoms with Crippen LogP contribution in [-0.2, 0) is 22.4 Å². The molecule has 2 aliphatic heterocycles. The molecule has 1 saturated heterocycles. The Labute approximate surface area is 218 Å². The van der Waals surface area contributed by atoms with Gasteiger partial charge in [0.2, 0.25) is 11.9 Å². The lowest BCUT2D eigenvalue weighted by Crippen LogP contribution is -2.65. The highest BCUT2D eigenvalue weighted by molar-refractivity contribution is 6.10. The highest BCUT2D eigenvalue weighted by atomic mass is 16.2. The molecule has 5 rings (SSSR count). The minimum absolute atomic E-state index is 0.0519. The summed E-state index contributed by atoms with van der Waals surface area (Å²) >= 11 is 0. The second-order valence-electron chi connectivity index (χ2n) is 9.71. The van der Waals surface area contributed by atoms with Gasteiger partial charge in [-0.1, -0.05) is 67.1 Å². The number of carbonyl (C=O) groups excluding carboxylic acids is 2. The molecule has 7 heteroatoms. The normalized spacial score (nSPS) is 17.8. The van der Waals surface area contributed by atoms with Crippen molar-refractivity contribution in [1.29, 1.82) is 0 Å². The molecule has 2 amide bonds. The van der Waals surface area contributed by atoms with Crippen molar-refractivity contribution in [2.75, 3.05) is 30.1 Å². The first kappa shape index (κ1) is 24.7. The molecule has 3 aromatic rings. The predicted octanol–water partition coefficient (Wildman–Crippen LogP) is 4.43. The maximum absolute atomic E-state index is 13.5. The van der Waals surface area contributed by atoms with Crippen LogP contribution >= 0.6 is 0 Å². The summed E-state index contributed by atoms with van der Waals surface area (Å²) in [7, 11) is 0. The number of aliphatic imine (C=N–C) groups is 1. The number of hydrogen-bond acceptors (Lipinski definition) is 5. The monoisotopic (exact) mass is 495 g/mol. The van der Waals surface area contributed by atoms with E-state index in [2.05, 4.69) is 75.6 Å². The molecule has 1 atom stereocenters. The fourth-order valence-electron chi connectivity index (χ4n) is 4.82. The fraction of sp³-hybridized carbons (Fsp3) is 0.300. The van der Waals surface area contributed by atoms with Crippen LogP contribution < -0.4 is 10.2 Å². The van der Waals surface area contributed by atoms with Crippen LogP contribution in [0.3, 0.4) is 0 Å². The number of anilines is 2. The quantitative estimate of drug-likeness (QED) is 0.525. The third kappa shape index (κ3) is 5.73. The van der Waals surface area contributed by atoms with E-state index in [0.29, 0.717) is 19.3 Å². The molecule has 2 aliphatic rings. The summed E-state index contributed by atoms with van der Waals surface area (Å²) in [5.74, 6) is 0.0690. The topological polar surface area (TPSA) is 68.2 Å². The number of carbonyl (C=O) groups is 2. The van der Waals surface area contributed by atoms with Gasteiger partial charge in [0, 0.05) is 17.9 Å². The largest absolute Gasteiger partial charge is 0.324 e. The first-order chi connectivity index (χ1) is 18.0. The molecule has 3 aromatic carbocycles. The van der Waals surface area contributed by atoms with Crippen LogP contribution in [0.25, 0.3) is 0 Å². The van der Waals surface area contributed by atoms with Gasteiger partial charge in [-0.3, -0.25) is 19.4 Å². The van der Waals surface area contributed by atoms with Gasteiger partial charge in [-0.05, 0) is 55.2 Å². The Morgan fingerprint density at radius 2 is 1.68 bits per heavy atom. The second kappa shape index (κ2) is 11.0. The SMILES string of the molecule is CCc1ccc(N2CN(CCc3ccccc3)CN3C2=NC(=O)CC3C(=O)Nc2ccc(C)cc2)cc1. The van der Waals surface area contributed by atoms with E-state index in [1.807, 2.05) is 42.2 Å². The Bertz CT molecular complexity index is 1270. The Hall–Kier alpha value is -3.97. The van der Waals surface area contributed by atoms with Crippen LogP contribution in [0.2, 0.25) is 0 Å². The van der Waals surface area contributed by atoms with Crippen molar-refractivity contribution in [3.63, 3.8) is 0 Å². The third-order valence-electron chi connectivity index (χ3n) is 7.00. The number of hydrogen-bond donors (Lipinski definition) is 1. The zero-order valence-corrected chi connectivity index (χ0v) is 21.4. The summed E-state index contributed by atoms with van der Waals surface area (Å²) in [6.07, 6.45) is 1.90. The molecule has 0 aromatic heterocycles. The Morgan fingerprint density at radius 1 is 0.946 bits per heavy atom. The summed E-state index contributed by atoms with van der Waals surface area (Å²) in [5.41, 5.74) is 5.31. The molecule has 1 N–H and O–H groups in total. The van der Waals surface area contributed by atoms with E-state index in [4.69, 9.17) is 0 Å².